The molecule has 1 heterocycles. The van der Waals surface area contributed by atoms with Crippen molar-refractivity contribution in [2.24, 2.45) is 4.99 Å². The van der Waals surface area contributed by atoms with Gasteiger partial charge in [-0.15, -0.1) is 24.0 Å². The number of nitrogens with zero attached hydrogens (tertiary/aromatic N) is 2. The molecule has 0 bridgehead atoms. The van der Waals surface area contributed by atoms with Gasteiger partial charge >= 0.3 is 0 Å². The third-order valence-electron chi connectivity index (χ3n) is 2.83. The Bertz CT molecular complexity index is 567. The van der Waals surface area contributed by atoms with Gasteiger partial charge < -0.3 is 15.4 Å². The molecule has 1 rings (SSSR count). The van der Waals surface area contributed by atoms with E-state index >= 15 is 0 Å². The Kier molecular flexibility index (Phi) is 10.9. The first-order valence-corrected chi connectivity index (χ1v) is 9.14. The Morgan fingerprint density at radius 1 is 1.48 bits per heavy atom. The maximum atomic E-state index is 11.1. The van der Waals surface area contributed by atoms with Crippen LogP contribution in [0.2, 0.25) is 0 Å². The van der Waals surface area contributed by atoms with E-state index in [0.29, 0.717) is 31.3 Å². The van der Waals surface area contributed by atoms with Crippen LogP contribution < -0.4 is 15.4 Å². The summed E-state index contributed by atoms with van der Waals surface area (Å²) in [6, 6.07) is 3.67. The predicted octanol–water partition coefficient (Wildman–Crippen LogP) is 1.07. The number of pyridine rings is 1. The van der Waals surface area contributed by atoms with E-state index in [1.54, 1.807) is 19.4 Å². The van der Waals surface area contributed by atoms with Crippen LogP contribution in [0.3, 0.4) is 0 Å². The molecule has 0 amide bonds. The molecule has 9 heteroatoms. The first-order valence-electron chi connectivity index (χ1n) is 7.08. The molecule has 0 aliphatic carbocycles. The second kappa shape index (κ2) is 11.4. The third kappa shape index (κ3) is 11.1. The lowest BCUT2D eigenvalue weighted by Gasteiger charge is -2.17. The Balaban J connectivity index is 0.00000484. The molecule has 0 saturated carbocycles. The fourth-order valence-corrected chi connectivity index (χ4v) is 2.44. The minimum absolute atomic E-state index is 0. The van der Waals surface area contributed by atoms with Crippen molar-refractivity contribution in [3.8, 4) is 5.75 Å². The monoisotopic (exact) mass is 456 g/mol. The van der Waals surface area contributed by atoms with Crippen LogP contribution in [0.25, 0.3) is 0 Å². The molecule has 0 aliphatic heterocycles. The van der Waals surface area contributed by atoms with E-state index in [2.05, 4.69) is 20.6 Å². The smallest absolute Gasteiger partial charge is 0.191 e. The summed E-state index contributed by atoms with van der Waals surface area (Å²) in [5.41, 5.74) is 0. The number of aliphatic imine (C=N–C) groups is 1. The van der Waals surface area contributed by atoms with Gasteiger partial charge in [0.2, 0.25) is 0 Å². The van der Waals surface area contributed by atoms with Gasteiger partial charge in [0.1, 0.15) is 22.2 Å². The number of nitrogens with one attached hydrogen (secondary N) is 2. The Labute approximate surface area is 155 Å². The average Bonchev–Trinajstić information content (AvgIpc) is 2.48. The molecule has 2 N–H and O–H groups in total. The van der Waals surface area contributed by atoms with Crippen molar-refractivity contribution in [3.05, 3.63) is 24.5 Å². The van der Waals surface area contributed by atoms with E-state index in [1.807, 2.05) is 19.1 Å². The molecule has 23 heavy (non-hydrogen) atoms. The van der Waals surface area contributed by atoms with E-state index in [-0.39, 0.29) is 35.8 Å². The van der Waals surface area contributed by atoms with Crippen molar-refractivity contribution in [2.45, 2.75) is 19.4 Å². The summed E-state index contributed by atoms with van der Waals surface area (Å²) in [4.78, 5) is 8.06. The van der Waals surface area contributed by atoms with E-state index < -0.39 is 9.84 Å². The highest BCUT2D eigenvalue weighted by atomic mass is 127. The number of halogens is 1. The van der Waals surface area contributed by atoms with Crippen LogP contribution in [-0.2, 0) is 9.84 Å². The normalized spacial score (nSPS) is 12.9. The van der Waals surface area contributed by atoms with Crippen molar-refractivity contribution in [3.63, 3.8) is 0 Å². The molecular weight excluding hydrogens is 431 g/mol. The van der Waals surface area contributed by atoms with Crippen LogP contribution in [0.4, 0.5) is 0 Å². The average molecular weight is 456 g/mol. The molecule has 132 valence electrons. The van der Waals surface area contributed by atoms with Crippen LogP contribution in [-0.4, -0.2) is 57.6 Å². The van der Waals surface area contributed by atoms with Crippen molar-refractivity contribution < 1.29 is 13.2 Å². The number of sulfone groups is 1. The van der Waals surface area contributed by atoms with Gasteiger partial charge in [-0.2, -0.15) is 0 Å². The highest BCUT2D eigenvalue weighted by Crippen LogP contribution is 2.04. The topological polar surface area (TPSA) is 92.7 Å². The molecule has 1 aromatic heterocycles. The van der Waals surface area contributed by atoms with E-state index in [1.165, 1.54) is 6.26 Å². The summed E-state index contributed by atoms with van der Waals surface area (Å²) in [5, 5.41) is 6.26. The summed E-state index contributed by atoms with van der Waals surface area (Å²) in [6.45, 7) is 2.97. The Hall–Kier alpha value is -1.10. The number of hydrogen-bond acceptors (Lipinski definition) is 5. The molecule has 0 aliphatic rings. The van der Waals surface area contributed by atoms with Crippen LogP contribution in [0.5, 0.6) is 5.75 Å². The summed E-state index contributed by atoms with van der Waals surface area (Å²) < 4.78 is 27.8. The number of aromatic nitrogens is 1. The summed E-state index contributed by atoms with van der Waals surface area (Å²) in [6.07, 6.45) is 5.11. The van der Waals surface area contributed by atoms with Gasteiger partial charge in [-0.3, -0.25) is 9.98 Å². The van der Waals surface area contributed by atoms with Crippen LogP contribution in [0.1, 0.15) is 13.3 Å². The highest BCUT2D eigenvalue weighted by Gasteiger charge is 2.09. The fraction of sp³-hybridized carbons (Fsp3) is 0.571. The third-order valence-corrected chi connectivity index (χ3v) is 3.80. The molecule has 0 fully saturated rings. The summed E-state index contributed by atoms with van der Waals surface area (Å²) in [5.74, 6) is 1.49. The highest BCUT2D eigenvalue weighted by molar-refractivity contribution is 14.0. The largest absolute Gasteiger partial charge is 0.490 e. The van der Waals surface area contributed by atoms with Gasteiger partial charge in [0.15, 0.2) is 5.96 Å². The second-order valence-electron chi connectivity index (χ2n) is 5.00. The molecule has 0 aromatic carbocycles. The molecule has 0 saturated heterocycles. The minimum atomic E-state index is -2.94. The predicted molar refractivity (Wildman–Crippen MR) is 103 cm³/mol. The molecule has 0 radical (unpaired) electrons. The van der Waals surface area contributed by atoms with Crippen LogP contribution in [0, 0.1) is 0 Å². The molecule has 0 spiro atoms. The lowest BCUT2D eigenvalue weighted by molar-refractivity contribution is 0.320. The van der Waals surface area contributed by atoms with E-state index in [0.717, 1.165) is 0 Å². The van der Waals surface area contributed by atoms with Crippen molar-refractivity contribution >= 4 is 39.8 Å². The summed E-state index contributed by atoms with van der Waals surface area (Å²) >= 11 is 0. The van der Waals surface area contributed by atoms with Gasteiger partial charge in [-0.05, 0) is 25.5 Å². The zero-order valence-electron chi connectivity index (χ0n) is 13.7. The molecule has 7 nitrogen and oxygen atoms in total. The number of hydrogen-bond donors (Lipinski definition) is 2. The van der Waals surface area contributed by atoms with Crippen LogP contribution in [0.15, 0.2) is 29.5 Å². The van der Waals surface area contributed by atoms with Crippen LogP contribution >= 0.6 is 24.0 Å². The zero-order chi connectivity index (χ0) is 16.4. The van der Waals surface area contributed by atoms with Gasteiger partial charge in [0, 0.05) is 25.5 Å². The first-order chi connectivity index (χ1) is 10.4. The minimum Gasteiger partial charge on any atom is -0.490 e. The second-order valence-corrected chi connectivity index (χ2v) is 7.26. The summed E-state index contributed by atoms with van der Waals surface area (Å²) in [7, 11) is -1.27. The number of rotatable bonds is 8. The quantitative estimate of drug-likeness (QED) is 0.263. The number of guanidine groups is 1. The molecule has 1 atom stereocenters. The zero-order valence-corrected chi connectivity index (χ0v) is 16.8. The van der Waals surface area contributed by atoms with Gasteiger partial charge in [0.05, 0.1) is 18.5 Å². The van der Waals surface area contributed by atoms with E-state index in [9.17, 15) is 8.42 Å². The maximum absolute atomic E-state index is 11.1. The van der Waals surface area contributed by atoms with Crippen molar-refractivity contribution in [1.29, 1.82) is 0 Å². The molecule has 1 aromatic rings. The molecule has 1 unspecified atom stereocenters. The van der Waals surface area contributed by atoms with E-state index in [4.69, 9.17) is 4.74 Å². The molecular formula is C14H25IN4O3S. The standard InChI is InChI=1S/C14H24N4O3S.HI/c1-12(6-10-22(3,19)20)18-14(15-2)17-8-9-21-13-5-4-7-16-11-13;/h4-5,7,11-12H,6,8-10H2,1-3H3,(H2,15,17,18);1H. The first kappa shape index (κ1) is 21.9. The van der Waals surface area contributed by atoms with Crippen molar-refractivity contribution in [1.82, 2.24) is 15.6 Å². The van der Waals surface area contributed by atoms with Gasteiger partial charge in [-0.1, -0.05) is 0 Å². The lowest BCUT2D eigenvalue weighted by Crippen LogP contribution is -2.44. The van der Waals surface area contributed by atoms with Crippen molar-refractivity contribution in [2.75, 3.05) is 32.2 Å². The van der Waals surface area contributed by atoms with Gasteiger partial charge in [-0.25, -0.2) is 8.42 Å². The SMILES string of the molecule is CN=C(NCCOc1cccnc1)NC(C)CCS(C)(=O)=O.I. The maximum Gasteiger partial charge on any atom is 0.191 e. The Morgan fingerprint density at radius 3 is 2.78 bits per heavy atom. The van der Waals surface area contributed by atoms with Gasteiger partial charge in [0.25, 0.3) is 0 Å². The fourth-order valence-electron chi connectivity index (χ4n) is 1.66. The Morgan fingerprint density at radius 2 is 2.22 bits per heavy atom. The lowest BCUT2D eigenvalue weighted by atomic mass is 10.3. The number of ether oxygens (including phenoxy) is 1.